The van der Waals surface area contributed by atoms with E-state index >= 15 is 0 Å². The zero-order valence-electron chi connectivity index (χ0n) is 1.69. The van der Waals surface area contributed by atoms with Crippen LogP contribution >= 0.6 is 0 Å². The largest absolute Gasteiger partial charge is 2.00 e. The molecular formula is H8B2ClNaPd. The zero-order chi connectivity index (χ0) is 0. The predicted octanol–water partition coefficient (Wildman–Crippen LogP) is -8.90. The van der Waals surface area contributed by atoms with E-state index in [1.165, 1.54) is 0 Å². The molecule has 0 bridgehead atoms. The topological polar surface area (TPSA) is 0 Å². The van der Waals surface area contributed by atoms with Gasteiger partial charge in [-0.3, -0.25) is 0 Å². The molecule has 32 valence electrons. The Labute approximate surface area is 78.4 Å². The van der Waals surface area contributed by atoms with Crippen LogP contribution in [0.1, 0.15) is 0 Å². The van der Waals surface area contributed by atoms with Gasteiger partial charge in [0.15, 0.2) is 0 Å². The average molecular weight is 195 g/mol. The molecule has 0 spiro atoms. The Bertz CT molecular complexity index is 9.61. The van der Waals surface area contributed by atoms with Crippen LogP contribution in [0.2, 0.25) is 0 Å². The van der Waals surface area contributed by atoms with Gasteiger partial charge in [0.25, 0.3) is 0 Å². The average Bonchev–Trinajstić information content (AvgIpc) is 0. The Morgan fingerprint density at radius 3 is 0.800 bits per heavy atom. The van der Waals surface area contributed by atoms with Gasteiger partial charge in [-0.05, 0) is 0 Å². The minimum atomic E-state index is 0. The summed E-state index contributed by atoms with van der Waals surface area (Å²) in [6.45, 7) is 0. The normalized spacial score (nSPS) is 0. The summed E-state index contributed by atoms with van der Waals surface area (Å²) >= 11 is 0. The maximum absolute atomic E-state index is 0. The molecule has 0 amide bonds. The Hall–Kier alpha value is 2.08. The molecule has 0 rings (SSSR count). The first-order chi connectivity index (χ1) is 0. The molecule has 0 fully saturated rings. The molecule has 0 atom stereocenters. The van der Waals surface area contributed by atoms with Gasteiger partial charge in [0.2, 0.25) is 0 Å². The van der Waals surface area contributed by atoms with Crippen molar-refractivity contribution in [2.75, 3.05) is 0 Å². The summed E-state index contributed by atoms with van der Waals surface area (Å²) in [5, 5.41) is 0. The van der Waals surface area contributed by atoms with Crippen LogP contribution in [0.4, 0.5) is 0 Å². The van der Waals surface area contributed by atoms with E-state index in [0.717, 1.165) is 0 Å². The van der Waals surface area contributed by atoms with Crippen molar-refractivity contribution in [3.05, 3.63) is 0 Å². The molecule has 0 aliphatic heterocycles. The van der Waals surface area contributed by atoms with Gasteiger partial charge in [-0.15, -0.1) is 0 Å². The maximum Gasteiger partial charge on any atom is 2.00 e. The van der Waals surface area contributed by atoms with Gasteiger partial charge in [-0.25, -0.2) is 0 Å². The smallest absolute Gasteiger partial charge is 1.00 e. The van der Waals surface area contributed by atoms with E-state index in [1.54, 1.807) is 0 Å². The van der Waals surface area contributed by atoms with Crippen molar-refractivity contribution >= 4 is 16.8 Å². The van der Waals surface area contributed by atoms with Gasteiger partial charge in [-0.1, -0.05) is 16.8 Å². The Morgan fingerprint density at radius 1 is 0.800 bits per heavy atom. The Morgan fingerprint density at radius 2 is 0.800 bits per heavy atom. The van der Waals surface area contributed by atoms with E-state index in [0.29, 0.717) is 0 Å². The summed E-state index contributed by atoms with van der Waals surface area (Å²) in [6.07, 6.45) is 0. The molecule has 0 saturated heterocycles. The summed E-state index contributed by atoms with van der Waals surface area (Å²) in [7, 11) is 0. The third-order valence-electron chi connectivity index (χ3n) is 0. The summed E-state index contributed by atoms with van der Waals surface area (Å²) < 4.78 is 0. The molecule has 0 unspecified atom stereocenters. The van der Waals surface area contributed by atoms with Crippen molar-refractivity contribution < 1.29 is 62.4 Å². The molecule has 0 aromatic carbocycles. The molecule has 0 nitrogen and oxygen atoms in total. The van der Waals surface area contributed by atoms with Crippen LogP contribution in [0.15, 0.2) is 0 Å². The molecule has 0 radical (unpaired) electrons. The monoisotopic (exact) mass is 194 g/mol. The van der Waals surface area contributed by atoms with E-state index in [-0.39, 0.29) is 79.2 Å². The van der Waals surface area contributed by atoms with E-state index in [9.17, 15) is 0 Å². The zero-order valence-corrected chi connectivity index (χ0v) is 6.00. The molecule has 5 heavy (non-hydrogen) atoms. The second-order valence-electron chi connectivity index (χ2n) is 0. The van der Waals surface area contributed by atoms with Crippen LogP contribution < -0.4 is 42.0 Å². The van der Waals surface area contributed by atoms with E-state index in [2.05, 4.69) is 0 Å². The fourth-order valence-electron chi connectivity index (χ4n) is 0. The summed E-state index contributed by atoms with van der Waals surface area (Å²) in [6, 6.07) is 0. The third kappa shape index (κ3) is 23.4. The minimum Gasteiger partial charge on any atom is -1.00 e. The second kappa shape index (κ2) is 36.2. The van der Waals surface area contributed by atoms with Gasteiger partial charge in [0.05, 0.1) is 0 Å². The van der Waals surface area contributed by atoms with Crippen molar-refractivity contribution in [1.29, 1.82) is 0 Å². The van der Waals surface area contributed by atoms with Crippen LogP contribution in [-0.2, 0) is 20.4 Å². The molecule has 0 heterocycles. The van der Waals surface area contributed by atoms with Crippen LogP contribution in [-0.4, -0.2) is 16.8 Å². The van der Waals surface area contributed by atoms with Crippen LogP contribution in [0.3, 0.4) is 0 Å². The van der Waals surface area contributed by atoms with Gasteiger partial charge in [0.1, 0.15) is 0 Å². The maximum atomic E-state index is 0. The van der Waals surface area contributed by atoms with Crippen molar-refractivity contribution in [2.24, 2.45) is 0 Å². The standard InChI is InChI=1S/2BH4.ClH.Na.Pd/h2*1H4;1H;;/q2*-1;;+1;+2/p-1. The Kier molecular flexibility index (Phi) is 438. The number of halogens is 1. The molecule has 0 aliphatic carbocycles. The summed E-state index contributed by atoms with van der Waals surface area (Å²) in [4.78, 5) is 0. The van der Waals surface area contributed by atoms with E-state index in [1.807, 2.05) is 0 Å². The molecule has 0 aromatic heterocycles. The third-order valence-corrected chi connectivity index (χ3v) is 0. The van der Waals surface area contributed by atoms with Gasteiger partial charge >= 0.3 is 50.0 Å². The first kappa shape index (κ1) is 60.4. The first-order valence-corrected chi connectivity index (χ1v) is 0. The number of rotatable bonds is 0. The summed E-state index contributed by atoms with van der Waals surface area (Å²) in [5.74, 6) is 0. The second-order valence-corrected chi connectivity index (χ2v) is 0. The van der Waals surface area contributed by atoms with Crippen LogP contribution in [0, 0.1) is 0 Å². The molecule has 0 aromatic rings. The fraction of sp³-hybridized carbons (Fsp3) is 0. The van der Waals surface area contributed by atoms with Crippen molar-refractivity contribution in [2.45, 2.75) is 0 Å². The van der Waals surface area contributed by atoms with Gasteiger partial charge in [0, 0.05) is 0 Å². The molecule has 5 heteroatoms. The van der Waals surface area contributed by atoms with Gasteiger partial charge in [-0.2, -0.15) is 0 Å². The number of hydrogen-bond acceptors (Lipinski definition) is 0. The van der Waals surface area contributed by atoms with Crippen LogP contribution in [0.5, 0.6) is 0 Å². The molecular weight excluding hydrogens is 186 g/mol. The predicted molar refractivity (Wildman–Crippen MR) is 22.7 cm³/mol. The minimum absolute atomic E-state index is 0. The molecule has 0 saturated carbocycles. The fourth-order valence-corrected chi connectivity index (χ4v) is 0. The van der Waals surface area contributed by atoms with E-state index < -0.39 is 0 Å². The SMILES string of the molecule is [BH4-].[BH4-].[Cl-].[Na+].[Pd+2]. The van der Waals surface area contributed by atoms with Crippen LogP contribution in [0.25, 0.3) is 0 Å². The molecule has 0 N–H and O–H groups in total. The van der Waals surface area contributed by atoms with E-state index in [4.69, 9.17) is 0 Å². The van der Waals surface area contributed by atoms with Gasteiger partial charge < -0.3 is 12.4 Å². The Balaban J connectivity index is 0. The number of hydrogen-bond donors (Lipinski definition) is 0. The first-order valence-electron chi connectivity index (χ1n) is 0. The molecule has 0 aliphatic rings. The quantitative estimate of drug-likeness (QED) is 0.336. The summed E-state index contributed by atoms with van der Waals surface area (Å²) in [5.41, 5.74) is 0. The van der Waals surface area contributed by atoms with Crippen molar-refractivity contribution in [3.8, 4) is 0 Å². The van der Waals surface area contributed by atoms with Crippen molar-refractivity contribution in [3.63, 3.8) is 0 Å². The van der Waals surface area contributed by atoms with Crippen molar-refractivity contribution in [1.82, 2.24) is 0 Å².